The maximum Gasteiger partial charge on any atom is 0.294 e. The molecule has 1 aromatic carbocycles. The van der Waals surface area contributed by atoms with E-state index in [-0.39, 0.29) is 4.90 Å². The fraction of sp³-hybridized carbons (Fsp3) is 0.442. The predicted octanol–water partition coefficient (Wildman–Crippen LogP) is 12.6. The van der Waals surface area contributed by atoms with Crippen LogP contribution in [0.5, 0.6) is 0 Å². The topological polar surface area (TPSA) is 130 Å². The molecule has 3 aliphatic carbocycles. The van der Waals surface area contributed by atoms with Gasteiger partial charge in [0.15, 0.2) is 0 Å². The molecule has 4 aromatic rings. The van der Waals surface area contributed by atoms with E-state index in [1.54, 1.807) is 42.9 Å². The van der Waals surface area contributed by atoms with Crippen LogP contribution in [-0.4, -0.2) is 38.8 Å². The molecule has 7 rings (SSSR count). The number of rotatable bonds is 3. The van der Waals surface area contributed by atoms with Crippen LogP contribution in [-0.2, 0) is 20.5 Å². The molecule has 3 aromatic heterocycles. The number of hydrogen-bond acceptors (Lipinski definition) is 7. The summed E-state index contributed by atoms with van der Waals surface area (Å²) in [4.78, 5) is 22.3. The molecule has 304 valence electrons. The molecule has 2 N–H and O–H groups in total. The highest BCUT2D eigenvalue weighted by Crippen LogP contribution is 2.39. The maximum absolute atomic E-state index is 10.7. The Hall–Kier alpha value is -2.70. The summed E-state index contributed by atoms with van der Waals surface area (Å²) >= 11 is 20.4. The number of nitrogens with zero attached hydrogens (tertiary/aromatic N) is 3. The second-order valence-electron chi connectivity index (χ2n) is 14.9. The van der Waals surface area contributed by atoms with Gasteiger partial charge in [-0.1, -0.05) is 95.3 Å². The highest BCUT2D eigenvalue weighted by atomic mass is 79.9. The van der Waals surface area contributed by atoms with E-state index < -0.39 is 15.7 Å². The smallest absolute Gasteiger partial charge is 0.294 e. The van der Waals surface area contributed by atoms with E-state index in [0.29, 0.717) is 27.2 Å². The lowest BCUT2D eigenvalue weighted by Crippen LogP contribution is -2.30. The van der Waals surface area contributed by atoms with Crippen LogP contribution in [0, 0.1) is 24.7 Å². The van der Waals surface area contributed by atoms with Gasteiger partial charge in [-0.2, -0.15) is 8.42 Å². The zero-order valence-electron chi connectivity index (χ0n) is 32.5. The molecule has 2 fully saturated rings. The Labute approximate surface area is 356 Å². The summed E-state index contributed by atoms with van der Waals surface area (Å²) in [7, 11) is -4.02. The zero-order chi connectivity index (χ0) is 41.3. The first-order valence-corrected chi connectivity index (χ1v) is 22.3. The van der Waals surface area contributed by atoms with Gasteiger partial charge in [0.05, 0.1) is 10.5 Å². The highest BCUT2D eigenvalue weighted by molar-refractivity contribution is 9.10. The molecular formula is C43H53BrCl3N3O5S. The number of benzene rings is 1. The molecular weight excluding hydrogens is 857 g/mol. The second-order valence-corrected chi connectivity index (χ2v) is 18.4. The molecule has 0 saturated heterocycles. The highest BCUT2D eigenvalue weighted by Gasteiger charge is 2.33. The van der Waals surface area contributed by atoms with Gasteiger partial charge < -0.3 is 5.11 Å². The Morgan fingerprint density at radius 2 is 1.34 bits per heavy atom. The monoisotopic (exact) mass is 907 g/mol. The number of carbonyl (C=O) groups excluding carboxylic acids is 1. The van der Waals surface area contributed by atoms with Gasteiger partial charge in [-0.25, -0.2) is 15.0 Å². The molecule has 0 radical (unpaired) electrons. The summed E-state index contributed by atoms with van der Waals surface area (Å²) in [5.41, 5.74) is 3.84. The molecule has 2 unspecified atom stereocenters. The van der Waals surface area contributed by atoms with Gasteiger partial charge in [0.1, 0.15) is 21.2 Å². The summed E-state index contributed by atoms with van der Waals surface area (Å²) < 4.78 is 30.5. The Morgan fingerprint density at radius 1 is 0.750 bits per heavy atom. The average Bonchev–Trinajstić information content (AvgIpc) is 3.14. The van der Waals surface area contributed by atoms with Gasteiger partial charge in [0.2, 0.25) is 0 Å². The minimum Gasteiger partial charge on any atom is -0.385 e. The van der Waals surface area contributed by atoms with Crippen LogP contribution in [0.25, 0.3) is 5.57 Å². The van der Waals surface area contributed by atoms with Crippen molar-refractivity contribution in [3.63, 3.8) is 0 Å². The number of aromatic nitrogens is 3. The lowest BCUT2D eigenvalue weighted by atomic mass is 9.76. The summed E-state index contributed by atoms with van der Waals surface area (Å²) in [5.74, 6) is 2.68. The van der Waals surface area contributed by atoms with E-state index in [2.05, 4.69) is 57.7 Å². The lowest BCUT2D eigenvalue weighted by Gasteiger charge is -2.35. The fourth-order valence-electron chi connectivity index (χ4n) is 6.38. The normalized spacial score (nSPS) is 21.9. The molecule has 8 nitrogen and oxygen atoms in total. The van der Waals surface area contributed by atoms with E-state index >= 15 is 0 Å². The number of aryl methyl sites for hydroxylation is 1. The fourth-order valence-corrected chi connectivity index (χ4v) is 7.85. The first kappa shape index (κ1) is 47.7. The van der Waals surface area contributed by atoms with Crippen LogP contribution < -0.4 is 0 Å². The van der Waals surface area contributed by atoms with Crippen molar-refractivity contribution in [2.75, 3.05) is 0 Å². The van der Waals surface area contributed by atoms with Crippen molar-refractivity contribution in [3.05, 3.63) is 122 Å². The first-order chi connectivity index (χ1) is 26.4. The SMILES string of the molecule is CC1CC=C(c2ccnc(Cl)c2)CC1.CC1CCC(O)(c2ccnc(Cl)c2)CC1.CC1CCCC(=O)C1.Cc1ccc(S(=O)(=O)O)cc1.Clc1cc(Br)ccn1. The number of halogens is 4. The van der Waals surface area contributed by atoms with Crippen molar-refractivity contribution in [2.24, 2.45) is 17.8 Å². The number of pyridine rings is 3. The second kappa shape index (κ2) is 23.6. The third-order valence-electron chi connectivity index (χ3n) is 9.87. The van der Waals surface area contributed by atoms with Gasteiger partial charge in [0, 0.05) is 35.9 Å². The number of ketones is 1. The Morgan fingerprint density at radius 3 is 1.80 bits per heavy atom. The van der Waals surface area contributed by atoms with E-state index in [9.17, 15) is 18.3 Å². The van der Waals surface area contributed by atoms with Gasteiger partial charge >= 0.3 is 0 Å². The quantitative estimate of drug-likeness (QED) is 0.153. The molecule has 2 saturated carbocycles. The zero-order valence-corrected chi connectivity index (χ0v) is 37.1. The van der Waals surface area contributed by atoms with Crippen LogP contribution in [0.3, 0.4) is 0 Å². The minimum absolute atomic E-state index is 0.0666. The molecule has 2 atom stereocenters. The van der Waals surface area contributed by atoms with Crippen molar-refractivity contribution in [1.82, 2.24) is 15.0 Å². The van der Waals surface area contributed by atoms with E-state index in [1.807, 2.05) is 31.2 Å². The van der Waals surface area contributed by atoms with E-state index in [4.69, 9.17) is 39.4 Å². The van der Waals surface area contributed by atoms with Gasteiger partial charge in [0.25, 0.3) is 10.1 Å². The molecule has 13 heteroatoms. The molecule has 0 spiro atoms. The number of allylic oxidation sites excluding steroid dienone is 2. The third-order valence-corrected chi connectivity index (χ3v) is 11.9. The lowest BCUT2D eigenvalue weighted by molar-refractivity contribution is -0.121. The van der Waals surface area contributed by atoms with Crippen molar-refractivity contribution in [3.8, 4) is 0 Å². The Kier molecular flexibility index (Phi) is 20.1. The Balaban J connectivity index is 0.000000192. The average molecular weight is 910 g/mol. The summed E-state index contributed by atoms with van der Waals surface area (Å²) in [6.45, 7) is 8.52. The largest absolute Gasteiger partial charge is 0.385 e. The van der Waals surface area contributed by atoms with Crippen molar-refractivity contribution < 1.29 is 22.9 Å². The van der Waals surface area contributed by atoms with Crippen LogP contribution >= 0.6 is 50.7 Å². The number of Topliss-reactive ketones (excluding diaryl/α,β-unsaturated/α-hetero) is 1. The predicted molar refractivity (Wildman–Crippen MR) is 232 cm³/mol. The van der Waals surface area contributed by atoms with Crippen molar-refractivity contribution >= 4 is 72.2 Å². The standard InChI is InChI=1S/C12H16ClNO.C12H14ClN.C7H8O3S.C7H12O.C5H3BrClN/c1-9-2-5-12(15,6-3-9)10-4-7-14-11(13)8-10;1-9-2-4-10(5-3-9)11-6-7-14-12(13)8-11;1-6-2-4-7(5-3-6)11(8,9)10;1-6-3-2-4-7(8)5-6;6-4-1-2-8-5(7)3-4/h4,7-9,15H,2-3,5-6H2,1H3;4,6-9H,2-3,5H2,1H3;2-5H,1H3,(H,8,9,10);6H,2-5H2,1H3;1-3H. The molecule has 0 bridgehead atoms. The van der Waals surface area contributed by atoms with Gasteiger partial charge in [-0.15, -0.1) is 0 Å². The Bertz CT molecular complexity index is 1960. The molecule has 0 amide bonds. The number of hydrogen-bond donors (Lipinski definition) is 2. The minimum atomic E-state index is -4.02. The van der Waals surface area contributed by atoms with Gasteiger partial charge in [-0.3, -0.25) is 9.35 Å². The summed E-state index contributed by atoms with van der Waals surface area (Å²) in [5, 5.41) is 12.1. The third kappa shape index (κ3) is 17.8. The number of aliphatic hydroxyl groups is 1. The molecule has 56 heavy (non-hydrogen) atoms. The molecule has 0 aliphatic heterocycles. The molecule has 3 aliphatic rings. The maximum atomic E-state index is 10.7. The van der Waals surface area contributed by atoms with Crippen molar-refractivity contribution in [1.29, 1.82) is 0 Å². The van der Waals surface area contributed by atoms with Crippen molar-refractivity contribution in [2.45, 2.75) is 109 Å². The van der Waals surface area contributed by atoms with Crippen LogP contribution in [0.2, 0.25) is 15.5 Å². The summed E-state index contributed by atoms with van der Waals surface area (Å²) in [6.07, 6.45) is 18.9. The first-order valence-electron chi connectivity index (χ1n) is 18.9. The molecule has 3 heterocycles. The van der Waals surface area contributed by atoms with Crippen LogP contribution in [0.15, 0.2) is 94.7 Å². The van der Waals surface area contributed by atoms with Crippen LogP contribution in [0.1, 0.15) is 108 Å². The van der Waals surface area contributed by atoms with Gasteiger partial charge in [-0.05, 0) is 148 Å². The number of carbonyl (C=O) groups is 1. The summed E-state index contributed by atoms with van der Waals surface area (Å²) in [6, 6.07) is 17.2. The van der Waals surface area contributed by atoms with E-state index in [1.165, 1.54) is 49.0 Å². The van der Waals surface area contributed by atoms with Crippen LogP contribution in [0.4, 0.5) is 0 Å². The van der Waals surface area contributed by atoms with E-state index in [0.717, 1.165) is 72.4 Å².